The second kappa shape index (κ2) is 7.91. The van der Waals surface area contributed by atoms with E-state index in [1.165, 1.54) is 0 Å². The summed E-state index contributed by atoms with van der Waals surface area (Å²) in [5.74, 6) is 0.323. The molecule has 0 aromatic heterocycles. The number of nitrogens with zero attached hydrogens (tertiary/aromatic N) is 2. The fraction of sp³-hybridized carbons (Fsp3) is 0.333. The quantitative estimate of drug-likeness (QED) is 0.687. The number of oxime groups is 1. The number of carbonyl (C=O) groups is 1. The Morgan fingerprint density at radius 1 is 1.11 bits per heavy atom. The van der Waals surface area contributed by atoms with E-state index in [1.54, 1.807) is 0 Å². The summed E-state index contributed by atoms with van der Waals surface area (Å²) in [5.41, 5.74) is 2.83. The Balaban J connectivity index is 1.44. The third-order valence-corrected chi connectivity index (χ3v) is 5.51. The van der Waals surface area contributed by atoms with Crippen molar-refractivity contribution in [1.82, 2.24) is 4.90 Å². The third-order valence-electron chi connectivity index (χ3n) is 4.89. The van der Waals surface area contributed by atoms with E-state index in [1.807, 2.05) is 53.4 Å². The lowest BCUT2D eigenvalue weighted by Gasteiger charge is -2.25. The van der Waals surface area contributed by atoms with E-state index in [2.05, 4.69) is 5.16 Å². The van der Waals surface area contributed by atoms with E-state index in [0.717, 1.165) is 29.7 Å². The zero-order chi connectivity index (χ0) is 18.8. The molecule has 6 heteroatoms. The minimum atomic E-state index is -0.152. The Hall–Kier alpha value is -2.04. The molecule has 1 fully saturated rings. The zero-order valence-corrected chi connectivity index (χ0v) is 16.3. The van der Waals surface area contributed by atoms with Gasteiger partial charge >= 0.3 is 0 Å². The Morgan fingerprint density at radius 3 is 2.56 bits per heavy atom. The average Bonchev–Trinajstić information content (AvgIpc) is 3.42. The molecule has 0 radical (unpaired) electrons. The first kappa shape index (κ1) is 18.3. The number of carbonyl (C=O) groups excluding carboxylic acids is 1. The summed E-state index contributed by atoms with van der Waals surface area (Å²) in [7, 11) is 0. The van der Waals surface area contributed by atoms with Crippen LogP contribution >= 0.6 is 23.2 Å². The van der Waals surface area contributed by atoms with Crippen molar-refractivity contribution >= 4 is 34.8 Å². The highest BCUT2D eigenvalue weighted by Crippen LogP contribution is 2.32. The van der Waals surface area contributed by atoms with Crippen LogP contribution in [0, 0.1) is 5.92 Å². The highest BCUT2D eigenvalue weighted by molar-refractivity contribution is 6.31. The maximum Gasteiger partial charge on any atom is 0.226 e. The molecule has 0 bridgehead atoms. The summed E-state index contributed by atoms with van der Waals surface area (Å²) in [6, 6.07) is 15.2. The lowest BCUT2D eigenvalue weighted by atomic mass is 10.0. The number of hydrogen-bond donors (Lipinski definition) is 0. The Bertz CT molecular complexity index is 863. The van der Waals surface area contributed by atoms with Crippen LogP contribution in [-0.2, 0) is 16.2 Å². The van der Waals surface area contributed by atoms with Crippen molar-refractivity contribution < 1.29 is 9.63 Å². The highest BCUT2D eigenvalue weighted by Gasteiger charge is 2.35. The first-order chi connectivity index (χ1) is 13.1. The minimum absolute atomic E-state index is 0.144. The van der Waals surface area contributed by atoms with Crippen LogP contribution in [-0.4, -0.2) is 29.2 Å². The van der Waals surface area contributed by atoms with Crippen LogP contribution < -0.4 is 0 Å². The van der Waals surface area contributed by atoms with Crippen molar-refractivity contribution in [1.29, 1.82) is 0 Å². The first-order valence-corrected chi connectivity index (χ1v) is 9.86. The van der Waals surface area contributed by atoms with E-state index in [0.29, 0.717) is 29.6 Å². The van der Waals surface area contributed by atoms with Gasteiger partial charge in [0.1, 0.15) is 0 Å². The van der Waals surface area contributed by atoms with Crippen LogP contribution in [0.15, 0.2) is 53.7 Å². The maximum absolute atomic E-state index is 12.8. The van der Waals surface area contributed by atoms with E-state index in [4.69, 9.17) is 28.0 Å². The highest BCUT2D eigenvalue weighted by atomic mass is 35.5. The molecule has 1 aliphatic heterocycles. The molecule has 1 saturated carbocycles. The number of halogens is 2. The van der Waals surface area contributed by atoms with Crippen LogP contribution in [0.4, 0.5) is 0 Å². The SMILES string of the molecule is O=C(C1CC1)N(Cc1ccccc1Cl)C[C@@H]1CC(c2ccc(Cl)cc2)=NO1. The Morgan fingerprint density at radius 2 is 1.85 bits per heavy atom. The van der Waals surface area contributed by atoms with Gasteiger partial charge in [-0.15, -0.1) is 0 Å². The molecule has 4 nitrogen and oxygen atoms in total. The molecule has 4 rings (SSSR count). The van der Waals surface area contributed by atoms with E-state index >= 15 is 0 Å². The molecular weight excluding hydrogens is 383 g/mol. The molecule has 2 aromatic rings. The van der Waals surface area contributed by atoms with Crippen LogP contribution in [0.5, 0.6) is 0 Å². The van der Waals surface area contributed by atoms with Crippen LogP contribution in [0.1, 0.15) is 30.4 Å². The smallest absolute Gasteiger partial charge is 0.226 e. The largest absolute Gasteiger partial charge is 0.390 e. The summed E-state index contributed by atoms with van der Waals surface area (Å²) in [6.45, 7) is 0.992. The molecule has 0 spiro atoms. The summed E-state index contributed by atoms with van der Waals surface area (Å²) >= 11 is 12.2. The second-order valence-corrected chi connectivity index (χ2v) is 7.90. The van der Waals surface area contributed by atoms with Gasteiger partial charge in [-0.2, -0.15) is 0 Å². The molecule has 0 N–H and O–H groups in total. The summed E-state index contributed by atoms with van der Waals surface area (Å²) < 4.78 is 0. The van der Waals surface area contributed by atoms with Gasteiger partial charge < -0.3 is 9.74 Å². The molecule has 0 saturated heterocycles. The van der Waals surface area contributed by atoms with Crippen molar-refractivity contribution in [3.05, 3.63) is 69.7 Å². The molecule has 1 atom stereocenters. The lowest BCUT2D eigenvalue weighted by Crippen LogP contribution is -2.38. The van der Waals surface area contributed by atoms with Gasteiger partial charge in [0.2, 0.25) is 5.91 Å². The monoisotopic (exact) mass is 402 g/mol. The average molecular weight is 403 g/mol. The fourth-order valence-electron chi connectivity index (χ4n) is 3.24. The van der Waals surface area contributed by atoms with Crippen molar-refractivity contribution in [2.75, 3.05) is 6.54 Å². The minimum Gasteiger partial charge on any atom is -0.390 e. The topological polar surface area (TPSA) is 41.9 Å². The molecule has 1 amide bonds. The van der Waals surface area contributed by atoms with Gasteiger partial charge in [0, 0.05) is 28.9 Å². The second-order valence-electron chi connectivity index (χ2n) is 7.06. The van der Waals surface area contributed by atoms with Crippen LogP contribution in [0.2, 0.25) is 10.0 Å². The van der Waals surface area contributed by atoms with Crippen LogP contribution in [0.3, 0.4) is 0 Å². The Kier molecular flexibility index (Phi) is 5.37. The summed E-state index contributed by atoms with van der Waals surface area (Å²) in [5, 5.41) is 5.59. The third kappa shape index (κ3) is 4.45. The predicted molar refractivity (Wildman–Crippen MR) is 107 cm³/mol. The van der Waals surface area contributed by atoms with Gasteiger partial charge in [-0.25, -0.2) is 0 Å². The predicted octanol–water partition coefficient (Wildman–Crippen LogP) is 4.93. The van der Waals surface area contributed by atoms with Gasteiger partial charge in [-0.05, 0) is 42.2 Å². The van der Waals surface area contributed by atoms with Gasteiger partial charge in [0.05, 0.1) is 12.3 Å². The molecule has 0 unspecified atom stereocenters. The molecule has 2 aliphatic rings. The summed E-state index contributed by atoms with van der Waals surface area (Å²) in [4.78, 5) is 20.3. The van der Waals surface area contributed by atoms with Gasteiger partial charge in [0.15, 0.2) is 6.10 Å². The number of amides is 1. The van der Waals surface area contributed by atoms with Crippen molar-refractivity contribution in [2.24, 2.45) is 11.1 Å². The zero-order valence-electron chi connectivity index (χ0n) is 14.8. The van der Waals surface area contributed by atoms with Gasteiger partial charge in [-0.3, -0.25) is 4.79 Å². The van der Waals surface area contributed by atoms with E-state index in [9.17, 15) is 4.79 Å². The number of hydrogen-bond acceptors (Lipinski definition) is 3. The molecule has 2 aromatic carbocycles. The Labute approximate surface area is 168 Å². The van der Waals surface area contributed by atoms with E-state index < -0.39 is 0 Å². The summed E-state index contributed by atoms with van der Waals surface area (Å²) in [6.07, 6.45) is 2.45. The standard InChI is InChI=1S/C21H20Cl2N2O2/c22-17-9-7-14(8-10-17)20-11-18(27-24-20)13-25(21(26)15-5-6-15)12-16-3-1-2-4-19(16)23/h1-4,7-10,15,18H,5-6,11-13H2/t18-/m0/s1. The van der Waals surface area contributed by atoms with Crippen molar-refractivity contribution in [3.8, 4) is 0 Å². The van der Waals surface area contributed by atoms with Gasteiger partial charge in [-0.1, -0.05) is 58.7 Å². The lowest BCUT2D eigenvalue weighted by molar-refractivity contribution is -0.135. The van der Waals surface area contributed by atoms with Gasteiger partial charge in [0.25, 0.3) is 0 Å². The molecule has 1 heterocycles. The maximum atomic E-state index is 12.8. The fourth-order valence-corrected chi connectivity index (χ4v) is 3.56. The number of benzene rings is 2. The van der Waals surface area contributed by atoms with E-state index in [-0.39, 0.29) is 17.9 Å². The normalized spacial score (nSPS) is 18.7. The molecule has 140 valence electrons. The molecule has 1 aliphatic carbocycles. The molecule has 27 heavy (non-hydrogen) atoms. The van der Waals surface area contributed by atoms with Crippen molar-refractivity contribution in [3.63, 3.8) is 0 Å². The number of rotatable bonds is 6. The van der Waals surface area contributed by atoms with Crippen molar-refractivity contribution in [2.45, 2.75) is 31.9 Å². The molecular formula is C21H20Cl2N2O2. The van der Waals surface area contributed by atoms with Crippen LogP contribution in [0.25, 0.3) is 0 Å². The first-order valence-electron chi connectivity index (χ1n) is 9.11.